The van der Waals surface area contributed by atoms with Gasteiger partial charge in [0.1, 0.15) is 0 Å². The number of hydrogen-bond acceptors (Lipinski definition) is 5. The zero-order valence-electron chi connectivity index (χ0n) is 20.2. The Morgan fingerprint density at radius 2 is 1.36 bits per heavy atom. The number of fused-ring (bicyclic) bond motifs is 4. The van der Waals surface area contributed by atoms with Crippen LogP contribution < -0.4 is 0 Å². The van der Waals surface area contributed by atoms with Crippen molar-refractivity contribution >= 4 is 22.8 Å². The lowest BCUT2D eigenvalue weighted by molar-refractivity contribution is 0.0758. The first kappa shape index (κ1) is 21.0. The molecule has 6 rings (SSSR count). The van der Waals surface area contributed by atoms with Crippen LogP contribution in [0.4, 0.5) is 8.78 Å². The van der Waals surface area contributed by atoms with Crippen molar-refractivity contribution < 1.29 is 14.9 Å². The smallest absolute Gasteiger partial charge is 0.164 e. The molecule has 0 aromatic heterocycles. The normalized spacial score (nSPS) is 20.9. The molecule has 36 heavy (non-hydrogen) atoms. The van der Waals surface area contributed by atoms with Gasteiger partial charge in [0.05, 0.1) is 59.7 Å². The predicted octanol–water partition coefficient (Wildman–Crippen LogP) is 5.83. The third-order valence-electron chi connectivity index (χ3n) is 5.92. The van der Waals surface area contributed by atoms with E-state index < -0.39 is 17.7 Å². The summed E-state index contributed by atoms with van der Waals surface area (Å²) < 4.78 is 42.6. The summed E-state index contributed by atoms with van der Waals surface area (Å²) in [4.78, 5) is 18.6. The number of rotatable bonds is 4. The Balaban J connectivity index is 1.38. The fourth-order valence-electron chi connectivity index (χ4n) is 4.11. The van der Waals surface area contributed by atoms with Crippen LogP contribution in [0.15, 0.2) is 133 Å². The van der Waals surface area contributed by atoms with E-state index in [9.17, 15) is 8.78 Å². The quantitative estimate of drug-likeness (QED) is 0.536. The van der Waals surface area contributed by atoms with Gasteiger partial charge < -0.3 is 4.74 Å². The van der Waals surface area contributed by atoms with Crippen LogP contribution in [0.25, 0.3) is 0 Å². The first-order chi connectivity index (χ1) is 17.9. The number of benzene rings is 1. The van der Waals surface area contributed by atoms with Gasteiger partial charge in [0.25, 0.3) is 0 Å². The number of nitrogens with zero attached hydrogens (tertiary/aromatic N) is 4. The molecule has 0 saturated carbocycles. The topological polar surface area (TPSA) is 58.7 Å². The standard InChI is InChI=1S/C29H20F2N4O/c1-17(36-16-18-3-2-4-27(30)29(18)31)26-14-25-13-23-8-7-21(33-23)11-19-5-6-20(32-19)12-22-9-10-24(34-22)15-28(26)35-25/h2-15,17H,16H2,1H3/i14D. The summed E-state index contributed by atoms with van der Waals surface area (Å²) >= 11 is 0. The Labute approximate surface area is 208 Å². The Hall–Kier alpha value is -4.36. The Bertz CT molecular complexity index is 1610. The van der Waals surface area contributed by atoms with Crippen LogP contribution in [0.1, 0.15) is 13.9 Å². The highest BCUT2D eigenvalue weighted by atomic mass is 19.2. The molecule has 0 spiro atoms. The summed E-state index contributed by atoms with van der Waals surface area (Å²) in [5, 5.41) is 0. The summed E-state index contributed by atoms with van der Waals surface area (Å²) in [7, 11) is 0. The Kier molecular flexibility index (Phi) is 5.25. The van der Waals surface area contributed by atoms with Crippen molar-refractivity contribution in [2.75, 3.05) is 0 Å². The number of ether oxygens (including phenoxy) is 1. The minimum atomic E-state index is -0.939. The maximum Gasteiger partial charge on any atom is 0.164 e. The molecule has 0 saturated heterocycles. The average Bonchev–Trinajstić information content (AvgIpc) is 3.66. The lowest BCUT2D eigenvalue weighted by atomic mass is 10.1. The molecule has 5 aliphatic heterocycles. The molecule has 0 N–H and O–H groups in total. The van der Waals surface area contributed by atoms with E-state index >= 15 is 0 Å². The SMILES string of the molecule is [2H]C1=C(C(C)OCc2cccc(F)c2F)C2=CC3=NC(=CC4=NC(=CC5=NC(=CC1=N2)C=C5)C=C4)C=C3. The van der Waals surface area contributed by atoms with Crippen molar-refractivity contribution in [2.45, 2.75) is 19.6 Å². The number of hydrogen-bond donors (Lipinski definition) is 0. The molecule has 5 nitrogen and oxygen atoms in total. The van der Waals surface area contributed by atoms with Crippen molar-refractivity contribution in [2.24, 2.45) is 20.0 Å². The molecule has 7 heteroatoms. The van der Waals surface area contributed by atoms with Crippen molar-refractivity contribution in [3.8, 4) is 0 Å². The van der Waals surface area contributed by atoms with Crippen LogP contribution in [0.2, 0.25) is 0 Å². The molecule has 1 aromatic rings. The van der Waals surface area contributed by atoms with Gasteiger partial charge in [-0.2, -0.15) is 0 Å². The Morgan fingerprint density at radius 1 is 0.778 bits per heavy atom. The second-order valence-corrected chi connectivity index (χ2v) is 8.55. The zero-order valence-corrected chi connectivity index (χ0v) is 19.2. The van der Waals surface area contributed by atoms with E-state index in [1.54, 1.807) is 19.1 Å². The van der Waals surface area contributed by atoms with Crippen LogP contribution in [-0.4, -0.2) is 29.0 Å². The van der Waals surface area contributed by atoms with E-state index in [-0.39, 0.29) is 18.2 Å². The van der Waals surface area contributed by atoms with Crippen LogP contribution in [0, 0.1) is 11.6 Å². The molecule has 0 fully saturated rings. The van der Waals surface area contributed by atoms with Crippen LogP contribution >= 0.6 is 0 Å². The summed E-state index contributed by atoms with van der Waals surface area (Å²) in [5.41, 5.74) is 5.97. The molecule has 1 aromatic carbocycles. The molecular weight excluding hydrogens is 458 g/mol. The van der Waals surface area contributed by atoms with Gasteiger partial charge in [-0.05, 0) is 79.8 Å². The minimum absolute atomic E-state index is 0.104. The van der Waals surface area contributed by atoms with Gasteiger partial charge in [-0.1, -0.05) is 12.1 Å². The minimum Gasteiger partial charge on any atom is -0.369 e. The maximum atomic E-state index is 14.2. The second kappa shape index (κ2) is 9.02. The van der Waals surface area contributed by atoms with E-state index in [0.29, 0.717) is 28.4 Å². The monoisotopic (exact) mass is 479 g/mol. The highest BCUT2D eigenvalue weighted by Gasteiger charge is 2.22. The van der Waals surface area contributed by atoms with Crippen molar-refractivity contribution in [3.05, 3.63) is 131 Å². The fraction of sp³-hybridized carbons (Fsp3) is 0.103. The second-order valence-electron chi connectivity index (χ2n) is 8.55. The molecule has 0 radical (unpaired) electrons. The molecule has 5 heterocycles. The molecule has 8 bridgehead atoms. The van der Waals surface area contributed by atoms with E-state index in [4.69, 9.17) is 11.1 Å². The first-order valence-electron chi connectivity index (χ1n) is 11.9. The molecule has 1 atom stereocenters. The maximum absolute atomic E-state index is 14.2. The summed E-state index contributed by atoms with van der Waals surface area (Å²) in [5.74, 6) is -1.87. The van der Waals surface area contributed by atoms with Crippen molar-refractivity contribution in [1.29, 1.82) is 0 Å². The molecule has 1 unspecified atom stereocenters. The molecule has 0 amide bonds. The highest BCUT2D eigenvalue weighted by molar-refractivity contribution is 6.15. The fourth-order valence-corrected chi connectivity index (χ4v) is 4.11. The van der Waals surface area contributed by atoms with Crippen LogP contribution in [-0.2, 0) is 11.3 Å². The Morgan fingerprint density at radius 3 is 2.00 bits per heavy atom. The summed E-state index contributed by atoms with van der Waals surface area (Å²) in [6.07, 6.45) is 18.0. The average molecular weight is 480 g/mol. The van der Waals surface area contributed by atoms with E-state index in [1.807, 2.05) is 48.6 Å². The lowest BCUT2D eigenvalue weighted by Crippen LogP contribution is -2.13. The highest BCUT2D eigenvalue weighted by Crippen LogP contribution is 2.28. The molecule has 0 aliphatic carbocycles. The molecule has 176 valence electrons. The van der Waals surface area contributed by atoms with Crippen LogP contribution in [0.5, 0.6) is 0 Å². The third-order valence-corrected chi connectivity index (χ3v) is 5.92. The van der Waals surface area contributed by atoms with Gasteiger partial charge in [0.2, 0.25) is 0 Å². The number of allylic oxidation sites excluding steroid dienone is 11. The summed E-state index contributed by atoms with van der Waals surface area (Å²) in [6.45, 7) is 1.61. The lowest BCUT2D eigenvalue weighted by Gasteiger charge is -2.15. The van der Waals surface area contributed by atoms with E-state index in [0.717, 1.165) is 28.9 Å². The zero-order chi connectivity index (χ0) is 25.5. The largest absolute Gasteiger partial charge is 0.369 e. The van der Waals surface area contributed by atoms with Gasteiger partial charge in [-0.25, -0.2) is 28.8 Å². The van der Waals surface area contributed by atoms with Gasteiger partial charge in [0, 0.05) is 11.1 Å². The molecule has 5 aliphatic rings. The van der Waals surface area contributed by atoms with Gasteiger partial charge in [0.15, 0.2) is 11.6 Å². The van der Waals surface area contributed by atoms with Gasteiger partial charge >= 0.3 is 0 Å². The van der Waals surface area contributed by atoms with Crippen LogP contribution in [0.3, 0.4) is 0 Å². The van der Waals surface area contributed by atoms with Gasteiger partial charge in [-0.3, -0.25) is 0 Å². The number of halogens is 2. The summed E-state index contributed by atoms with van der Waals surface area (Å²) in [6, 6.07) is 4.15. The van der Waals surface area contributed by atoms with E-state index in [1.165, 1.54) is 12.1 Å². The van der Waals surface area contributed by atoms with Crippen molar-refractivity contribution in [1.82, 2.24) is 0 Å². The molecular formula is C29H20F2N4O. The predicted molar refractivity (Wildman–Crippen MR) is 138 cm³/mol. The van der Waals surface area contributed by atoms with Gasteiger partial charge in [-0.15, -0.1) is 0 Å². The van der Waals surface area contributed by atoms with E-state index in [2.05, 4.69) is 15.0 Å². The first-order valence-corrected chi connectivity index (χ1v) is 11.4. The van der Waals surface area contributed by atoms with Crippen molar-refractivity contribution in [3.63, 3.8) is 0 Å². The number of aliphatic imine (C=N–C) groups is 4. The third kappa shape index (κ3) is 4.48.